The Bertz CT molecular complexity index is 1100. The van der Waals surface area contributed by atoms with Crippen LogP contribution in [0, 0.1) is 5.82 Å². The topological polar surface area (TPSA) is 93.5 Å². The number of anilines is 2. The standard InChI is InChI=1S/C21H22FN3O3S/c1-28-20-9-8-16(15-4-2-5-17(22)12-15)13-21(20)29(26,27)25-19-7-3-6-18(14-19)24-11-10-23/h2-9,12-14,24-25H,10-11,23H2,1H3. The van der Waals surface area contributed by atoms with E-state index in [1.807, 2.05) is 6.07 Å². The fourth-order valence-corrected chi connectivity index (χ4v) is 4.10. The van der Waals surface area contributed by atoms with Gasteiger partial charge in [0.25, 0.3) is 10.0 Å². The lowest BCUT2D eigenvalue weighted by molar-refractivity contribution is 0.403. The molecule has 0 aliphatic heterocycles. The first-order valence-electron chi connectivity index (χ1n) is 8.94. The van der Waals surface area contributed by atoms with Gasteiger partial charge >= 0.3 is 0 Å². The zero-order chi connectivity index (χ0) is 20.9. The molecule has 3 rings (SSSR count). The molecule has 0 heterocycles. The summed E-state index contributed by atoms with van der Waals surface area (Å²) in [6, 6.07) is 17.5. The Kier molecular flexibility index (Phi) is 6.36. The zero-order valence-electron chi connectivity index (χ0n) is 15.9. The van der Waals surface area contributed by atoms with Crippen LogP contribution in [0.3, 0.4) is 0 Å². The van der Waals surface area contributed by atoms with Crippen LogP contribution in [0.5, 0.6) is 5.75 Å². The van der Waals surface area contributed by atoms with Crippen molar-refractivity contribution >= 4 is 21.4 Å². The Morgan fingerprint density at radius 1 is 0.966 bits per heavy atom. The van der Waals surface area contributed by atoms with Gasteiger partial charge in [0.05, 0.1) is 12.8 Å². The fraction of sp³-hybridized carbons (Fsp3) is 0.143. The summed E-state index contributed by atoms with van der Waals surface area (Å²) in [6.45, 7) is 1.03. The van der Waals surface area contributed by atoms with Gasteiger partial charge < -0.3 is 15.8 Å². The first kappa shape index (κ1) is 20.6. The second-order valence-electron chi connectivity index (χ2n) is 6.28. The van der Waals surface area contributed by atoms with Gasteiger partial charge in [-0.2, -0.15) is 0 Å². The van der Waals surface area contributed by atoms with E-state index >= 15 is 0 Å². The smallest absolute Gasteiger partial charge is 0.265 e. The highest BCUT2D eigenvalue weighted by atomic mass is 32.2. The van der Waals surface area contributed by atoms with E-state index in [0.29, 0.717) is 29.9 Å². The van der Waals surface area contributed by atoms with E-state index in [1.165, 1.54) is 25.3 Å². The monoisotopic (exact) mass is 415 g/mol. The number of rotatable bonds is 8. The van der Waals surface area contributed by atoms with Gasteiger partial charge in [0.2, 0.25) is 0 Å². The summed E-state index contributed by atoms with van der Waals surface area (Å²) in [5.41, 5.74) is 7.75. The molecule has 0 aliphatic carbocycles. The molecular formula is C21H22FN3O3S. The maximum absolute atomic E-state index is 13.6. The van der Waals surface area contributed by atoms with Gasteiger partial charge in [-0.15, -0.1) is 0 Å². The third-order valence-corrected chi connectivity index (χ3v) is 5.60. The molecule has 0 amide bonds. The summed E-state index contributed by atoms with van der Waals surface area (Å²) >= 11 is 0. The second kappa shape index (κ2) is 8.93. The summed E-state index contributed by atoms with van der Waals surface area (Å²) in [4.78, 5) is -0.0397. The number of ether oxygens (including phenoxy) is 1. The maximum Gasteiger partial charge on any atom is 0.265 e. The van der Waals surface area contributed by atoms with Crippen molar-refractivity contribution in [2.24, 2.45) is 5.73 Å². The normalized spacial score (nSPS) is 11.1. The Balaban J connectivity index is 1.96. The molecular weight excluding hydrogens is 393 g/mol. The average Bonchev–Trinajstić information content (AvgIpc) is 2.71. The van der Waals surface area contributed by atoms with E-state index in [-0.39, 0.29) is 10.6 Å². The molecule has 8 heteroatoms. The van der Waals surface area contributed by atoms with Gasteiger partial charge in [-0.05, 0) is 53.6 Å². The van der Waals surface area contributed by atoms with E-state index in [4.69, 9.17) is 10.5 Å². The SMILES string of the molecule is COc1ccc(-c2cccc(F)c2)cc1S(=O)(=O)Nc1cccc(NCCN)c1. The molecule has 4 N–H and O–H groups in total. The van der Waals surface area contributed by atoms with Crippen LogP contribution in [0.1, 0.15) is 0 Å². The zero-order valence-corrected chi connectivity index (χ0v) is 16.7. The lowest BCUT2D eigenvalue weighted by atomic mass is 10.1. The lowest BCUT2D eigenvalue weighted by Gasteiger charge is -2.14. The van der Waals surface area contributed by atoms with Crippen molar-refractivity contribution in [1.82, 2.24) is 0 Å². The quantitative estimate of drug-likeness (QED) is 0.522. The number of halogens is 1. The summed E-state index contributed by atoms with van der Waals surface area (Å²) in [6.07, 6.45) is 0. The number of methoxy groups -OCH3 is 1. The Morgan fingerprint density at radius 2 is 1.69 bits per heavy atom. The van der Waals surface area contributed by atoms with Crippen LogP contribution in [0.15, 0.2) is 71.6 Å². The minimum Gasteiger partial charge on any atom is -0.495 e. The van der Waals surface area contributed by atoms with Crippen molar-refractivity contribution in [2.45, 2.75) is 4.90 Å². The average molecular weight is 415 g/mol. The van der Waals surface area contributed by atoms with Gasteiger partial charge in [0, 0.05) is 18.8 Å². The van der Waals surface area contributed by atoms with E-state index in [1.54, 1.807) is 42.5 Å². The second-order valence-corrected chi connectivity index (χ2v) is 7.93. The highest BCUT2D eigenvalue weighted by Gasteiger charge is 2.21. The molecule has 3 aromatic rings. The van der Waals surface area contributed by atoms with Gasteiger partial charge in [-0.1, -0.05) is 24.3 Å². The van der Waals surface area contributed by atoms with Crippen LogP contribution < -0.4 is 20.5 Å². The van der Waals surface area contributed by atoms with E-state index in [2.05, 4.69) is 10.0 Å². The van der Waals surface area contributed by atoms with Gasteiger partial charge in [-0.25, -0.2) is 12.8 Å². The summed E-state index contributed by atoms with van der Waals surface area (Å²) in [7, 11) is -2.56. The number of nitrogens with one attached hydrogen (secondary N) is 2. The molecule has 0 spiro atoms. The van der Waals surface area contributed by atoms with Crippen LogP contribution in [-0.2, 0) is 10.0 Å². The number of hydrogen-bond donors (Lipinski definition) is 3. The Morgan fingerprint density at radius 3 is 2.41 bits per heavy atom. The van der Waals surface area contributed by atoms with Crippen LogP contribution in [0.4, 0.5) is 15.8 Å². The summed E-state index contributed by atoms with van der Waals surface area (Å²) < 4.78 is 47.5. The maximum atomic E-state index is 13.6. The third-order valence-electron chi connectivity index (χ3n) is 4.20. The lowest BCUT2D eigenvalue weighted by Crippen LogP contribution is -2.15. The van der Waals surface area contributed by atoms with Crippen molar-refractivity contribution in [1.29, 1.82) is 0 Å². The molecule has 0 saturated carbocycles. The van der Waals surface area contributed by atoms with E-state index in [9.17, 15) is 12.8 Å². The van der Waals surface area contributed by atoms with Crippen LogP contribution in [-0.4, -0.2) is 28.6 Å². The third kappa shape index (κ3) is 5.04. The van der Waals surface area contributed by atoms with Gasteiger partial charge in [0.1, 0.15) is 16.5 Å². The van der Waals surface area contributed by atoms with Crippen LogP contribution in [0.25, 0.3) is 11.1 Å². The molecule has 29 heavy (non-hydrogen) atoms. The van der Waals surface area contributed by atoms with Crippen molar-refractivity contribution in [3.8, 4) is 16.9 Å². The summed E-state index contributed by atoms with van der Waals surface area (Å²) in [5, 5.41) is 3.10. The first-order valence-corrected chi connectivity index (χ1v) is 10.4. The number of sulfonamides is 1. The molecule has 0 aliphatic rings. The molecule has 6 nitrogen and oxygen atoms in total. The molecule has 0 fully saturated rings. The van der Waals surface area contributed by atoms with Crippen molar-refractivity contribution < 1.29 is 17.5 Å². The minimum absolute atomic E-state index is 0.0397. The van der Waals surface area contributed by atoms with Gasteiger partial charge in [-0.3, -0.25) is 4.72 Å². The number of benzene rings is 3. The molecule has 0 aromatic heterocycles. The molecule has 0 atom stereocenters. The molecule has 0 unspecified atom stereocenters. The highest BCUT2D eigenvalue weighted by Crippen LogP contribution is 2.31. The molecule has 0 bridgehead atoms. The predicted molar refractivity (Wildman–Crippen MR) is 113 cm³/mol. The molecule has 152 valence electrons. The van der Waals surface area contributed by atoms with Crippen LogP contribution in [0.2, 0.25) is 0 Å². The number of nitrogens with two attached hydrogens (primary N) is 1. The summed E-state index contributed by atoms with van der Waals surface area (Å²) in [5.74, 6) is -0.210. The first-order chi connectivity index (χ1) is 13.9. The largest absolute Gasteiger partial charge is 0.495 e. The van der Waals surface area contributed by atoms with E-state index < -0.39 is 15.8 Å². The van der Waals surface area contributed by atoms with E-state index in [0.717, 1.165) is 5.69 Å². The van der Waals surface area contributed by atoms with Crippen molar-refractivity contribution in [2.75, 3.05) is 30.2 Å². The van der Waals surface area contributed by atoms with Crippen LogP contribution >= 0.6 is 0 Å². The number of hydrogen-bond acceptors (Lipinski definition) is 5. The molecule has 0 radical (unpaired) electrons. The fourth-order valence-electron chi connectivity index (χ4n) is 2.85. The highest BCUT2D eigenvalue weighted by molar-refractivity contribution is 7.92. The molecule has 0 saturated heterocycles. The van der Waals surface area contributed by atoms with Crippen molar-refractivity contribution in [3.05, 3.63) is 72.5 Å². The Labute approximate surface area is 169 Å². The Hall–Kier alpha value is -3.10. The molecule has 3 aromatic carbocycles. The van der Waals surface area contributed by atoms with Crippen molar-refractivity contribution in [3.63, 3.8) is 0 Å². The minimum atomic E-state index is -3.96. The predicted octanol–water partition coefficient (Wildman–Crippen LogP) is 3.67. The van der Waals surface area contributed by atoms with Gasteiger partial charge in [0.15, 0.2) is 0 Å².